The van der Waals surface area contributed by atoms with Crippen LogP contribution in [0.3, 0.4) is 0 Å². The Bertz CT molecular complexity index is 2410. The summed E-state index contributed by atoms with van der Waals surface area (Å²) < 4.78 is 61.9. The van der Waals surface area contributed by atoms with Crippen LogP contribution in [0.5, 0.6) is 0 Å². The number of phosphoric ester groups is 3. The smallest absolute Gasteiger partial charge is 0.472 e. The van der Waals surface area contributed by atoms with Crippen molar-refractivity contribution in [2.75, 3.05) is 46.2 Å². The first kappa shape index (κ1) is 46.2. The van der Waals surface area contributed by atoms with Gasteiger partial charge in [0.1, 0.15) is 62.1 Å². The highest BCUT2D eigenvalue weighted by molar-refractivity contribution is 7.47. The second-order valence-electron chi connectivity index (χ2n) is 13.8. The van der Waals surface area contributed by atoms with Crippen LogP contribution in [0, 0.1) is 0 Å². The zero-order chi connectivity index (χ0) is 43.8. The maximum atomic E-state index is 13.2. The lowest BCUT2D eigenvalue weighted by molar-refractivity contribution is -0.212. The average molecular weight is 891 g/mol. The monoisotopic (exact) mass is 890 g/mol. The maximum Gasteiger partial charge on any atom is 0.472 e. The summed E-state index contributed by atoms with van der Waals surface area (Å²) in [6.07, 6.45) is -15.0. The van der Waals surface area contributed by atoms with Crippen molar-refractivity contribution >= 4 is 52.0 Å². The fraction of sp³-hybridized carbons (Fsp3) is 0.382. The molecule has 59 heavy (non-hydrogen) atoms. The number of fused-ring (bicyclic) bond motifs is 2. The van der Waals surface area contributed by atoms with Crippen molar-refractivity contribution in [2.24, 2.45) is 0 Å². The number of aliphatic hydroxyl groups excluding tert-OH is 3. The molecule has 2 aromatic rings. The number of nitrogens with zero attached hydrogens (tertiary/aromatic N) is 2. The van der Waals surface area contributed by atoms with Gasteiger partial charge in [0.2, 0.25) is 5.36 Å². The molecular weight excluding hydrogens is 847 g/mol. The molecule has 5 rings (SSSR count). The van der Waals surface area contributed by atoms with Crippen LogP contribution in [-0.2, 0) is 31.8 Å². The summed E-state index contributed by atoms with van der Waals surface area (Å²) in [5, 5.41) is 45.7. The first-order valence-electron chi connectivity index (χ1n) is 17.4. The molecule has 7 atom stereocenters. The molecule has 322 valence electrons. The third-order valence-electron chi connectivity index (χ3n) is 9.16. The van der Waals surface area contributed by atoms with Crippen molar-refractivity contribution in [1.29, 1.82) is 0 Å². The van der Waals surface area contributed by atoms with Crippen molar-refractivity contribution < 1.29 is 90.7 Å². The minimum absolute atomic E-state index is 0.0332. The predicted octanol–water partition coefficient (Wildman–Crippen LogP) is 0.675. The number of rotatable bonds is 15. The number of nitrogens with one attached hydrogen (secondary N) is 1. The van der Waals surface area contributed by atoms with E-state index in [1.54, 1.807) is 0 Å². The van der Waals surface area contributed by atoms with Crippen molar-refractivity contribution in [2.45, 2.75) is 43.0 Å². The van der Waals surface area contributed by atoms with Gasteiger partial charge in [-0.3, -0.25) is 22.9 Å². The summed E-state index contributed by atoms with van der Waals surface area (Å²) in [5.41, 5.74) is 2.63. The second-order valence-corrected chi connectivity index (χ2v) is 17.6. The largest absolute Gasteiger partial charge is 0.478 e. The summed E-state index contributed by atoms with van der Waals surface area (Å²) in [4.78, 5) is 74.7. The van der Waals surface area contributed by atoms with Crippen molar-refractivity contribution in [3.05, 3.63) is 71.1 Å². The van der Waals surface area contributed by atoms with Gasteiger partial charge in [0.15, 0.2) is 0 Å². The van der Waals surface area contributed by atoms with Crippen LogP contribution < -0.4 is 20.1 Å². The van der Waals surface area contributed by atoms with Gasteiger partial charge >= 0.3 is 29.4 Å². The summed E-state index contributed by atoms with van der Waals surface area (Å²) in [6, 6.07) is 15.2. The van der Waals surface area contributed by atoms with E-state index in [4.69, 9.17) is 23.3 Å². The quantitative estimate of drug-likeness (QED) is 0.0339. The number of hydrogen-bond donors (Lipinski definition) is 10. The number of amides is 1. The Balaban J connectivity index is 1.29. The van der Waals surface area contributed by atoms with Gasteiger partial charge in [-0.1, -0.05) is 6.07 Å². The van der Waals surface area contributed by atoms with Crippen molar-refractivity contribution in [3.63, 3.8) is 0 Å². The molecule has 2 aliphatic carbocycles. The van der Waals surface area contributed by atoms with E-state index in [2.05, 4.69) is 14.4 Å². The minimum Gasteiger partial charge on any atom is -0.478 e. The zero-order valence-corrected chi connectivity index (χ0v) is 34.3. The third-order valence-corrected chi connectivity index (χ3v) is 11.2. The molecule has 22 nitrogen and oxygen atoms in total. The number of aliphatic hydroxyl groups is 3. The molecule has 25 heteroatoms. The number of carbonyl (C=O) groups excluding carboxylic acids is 1. The van der Waals surface area contributed by atoms with Gasteiger partial charge in [-0.2, -0.15) is 0 Å². The molecule has 1 aliphatic heterocycles. The molecule has 0 radical (unpaired) electrons. The van der Waals surface area contributed by atoms with Crippen LogP contribution in [0.4, 0.5) is 5.69 Å². The lowest BCUT2D eigenvalue weighted by atomic mass is 9.85. The highest BCUT2D eigenvalue weighted by atomic mass is 31.2. The summed E-state index contributed by atoms with van der Waals surface area (Å²) >= 11 is 0. The molecule has 1 heterocycles. The number of phosphoric acid groups is 3. The Morgan fingerprint density at radius 3 is 2.00 bits per heavy atom. The van der Waals surface area contributed by atoms with Gasteiger partial charge < -0.3 is 59.5 Å². The van der Waals surface area contributed by atoms with Crippen LogP contribution in [0.1, 0.15) is 27.1 Å². The van der Waals surface area contributed by atoms with E-state index in [-0.39, 0.29) is 24.1 Å². The highest BCUT2D eigenvalue weighted by Crippen LogP contribution is 2.51. The Kier molecular flexibility index (Phi) is 14.1. The number of carbonyl (C=O) groups is 2. The van der Waals surface area contributed by atoms with Gasteiger partial charge in [-0.15, -0.1) is 0 Å². The first-order valence-corrected chi connectivity index (χ1v) is 21.9. The molecule has 0 saturated heterocycles. The maximum absolute atomic E-state index is 13.2. The lowest BCUT2D eigenvalue weighted by Crippen LogP contribution is -2.65. The molecular formula is C34H43N3O19P3+. The third kappa shape index (κ3) is 11.1. The molecule has 10 N–H and O–H groups in total. The number of aromatic carboxylic acids is 1. The number of carboxylic acid groups (broad SMARTS) is 1. The van der Waals surface area contributed by atoms with Gasteiger partial charge in [0, 0.05) is 60.5 Å². The molecule has 2 aromatic carbocycles. The molecule has 0 aromatic heterocycles. The van der Waals surface area contributed by atoms with Crippen LogP contribution in [0.2, 0.25) is 0 Å². The van der Waals surface area contributed by atoms with E-state index < -0.39 is 78.6 Å². The average Bonchev–Trinajstić information content (AvgIpc) is 3.14. The van der Waals surface area contributed by atoms with Crippen LogP contribution in [-0.4, -0.2) is 135 Å². The van der Waals surface area contributed by atoms with Crippen LogP contribution in [0.15, 0.2) is 59.0 Å². The van der Waals surface area contributed by atoms with Crippen LogP contribution >= 0.6 is 23.5 Å². The lowest BCUT2D eigenvalue weighted by Gasteiger charge is -2.44. The van der Waals surface area contributed by atoms with E-state index in [1.165, 1.54) is 18.2 Å². The van der Waals surface area contributed by atoms with E-state index in [0.717, 1.165) is 11.0 Å². The molecule has 1 amide bonds. The molecule has 0 bridgehead atoms. The highest BCUT2D eigenvalue weighted by Gasteiger charge is 2.56. The SMILES string of the molecule is CN(C)c1ccc2c(-c3ccc(C(=O)NCCCOP(=O)(O)O[C@@H]4[C@H](O)[C@H](O)[C@@H](OP(=O)(O)O)[C@H](OP(=O)(O)O)[C@H]4O)cc3C(=O)O)c3ccc(=[N+](C)C)cc-3oc2c1. The Labute approximate surface area is 334 Å². The Morgan fingerprint density at radius 1 is 0.797 bits per heavy atom. The second kappa shape index (κ2) is 18.0. The molecule has 1 unspecified atom stereocenters. The standard InChI is InChI=1S/C34H42N3O19P3/c1-36(2)18-7-10-21-24(15-18)53-25-16-19(37(3)4)8-11-22(25)26(21)20-9-6-17(14-23(20)34(42)43)33(41)35-12-5-13-52-59(50,51)56-30-27(38)28(39)31(54-57(44,45)46)32(29(30)40)55-58(47,48)49/h6-11,14-16,27-32,38-40H,5,12-13H2,1-4H3,(H6-,35,41,42,43,44,45,46,47,48,49,50,51)/p+1/t27-,28+,29+,30-,31-,32-/m1/s1. The minimum atomic E-state index is -5.58. The topological polar surface area (TPSA) is 336 Å². The summed E-state index contributed by atoms with van der Waals surface area (Å²) in [7, 11) is -8.92. The number of carboxylic acids is 1. The summed E-state index contributed by atoms with van der Waals surface area (Å²) in [5.74, 6) is -1.53. The van der Waals surface area contributed by atoms with E-state index in [0.29, 0.717) is 33.4 Å². The normalized spacial score (nSPS) is 22.2. The molecule has 1 saturated carbocycles. The zero-order valence-electron chi connectivity index (χ0n) is 31.6. The van der Waals surface area contributed by atoms with Gasteiger partial charge in [0.25, 0.3) is 5.91 Å². The Hall–Kier alpha value is -3.92. The fourth-order valence-corrected chi connectivity index (χ4v) is 8.49. The molecule has 0 spiro atoms. The summed E-state index contributed by atoms with van der Waals surface area (Å²) in [6.45, 7) is -0.820. The van der Waals surface area contributed by atoms with E-state index in [9.17, 15) is 58.4 Å². The fourth-order valence-electron chi connectivity index (χ4n) is 6.39. The predicted molar refractivity (Wildman–Crippen MR) is 206 cm³/mol. The van der Waals surface area contributed by atoms with E-state index >= 15 is 0 Å². The first-order chi connectivity index (χ1) is 27.4. The molecule has 3 aliphatic rings. The van der Waals surface area contributed by atoms with Gasteiger partial charge in [-0.05, 0) is 42.3 Å². The molecule has 1 fully saturated rings. The number of hydrogen-bond acceptors (Lipinski definition) is 14. The van der Waals surface area contributed by atoms with Gasteiger partial charge in [0.05, 0.1) is 18.2 Å². The van der Waals surface area contributed by atoms with Crippen molar-refractivity contribution in [1.82, 2.24) is 9.89 Å². The number of benzene rings is 3. The Morgan fingerprint density at radius 2 is 1.41 bits per heavy atom. The van der Waals surface area contributed by atoms with Crippen LogP contribution in [0.25, 0.3) is 33.4 Å². The van der Waals surface area contributed by atoms with Crippen molar-refractivity contribution in [3.8, 4) is 22.5 Å². The number of anilines is 1. The van der Waals surface area contributed by atoms with E-state index in [1.807, 2.05) is 74.1 Å². The van der Waals surface area contributed by atoms with Gasteiger partial charge in [-0.25, -0.2) is 23.1 Å².